The Labute approximate surface area is 134 Å². The number of fused-ring (bicyclic) bond motifs is 1. The van der Waals surface area contributed by atoms with E-state index in [1.807, 2.05) is 7.05 Å². The summed E-state index contributed by atoms with van der Waals surface area (Å²) >= 11 is 0. The molecule has 2 heterocycles. The third kappa shape index (κ3) is 3.40. The van der Waals surface area contributed by atoms with Crippen LogP contribution in [0, 0.1) is 11.8 Å². The Morgan fingerprint density at radius 1 is 1.18 bits per heavy atom. The molecule has 0 spiro atoms. The first-order chi connectivity index (χ1) is 10.6. The first kappa shape index (κ1) is 16.1. The van der Waals surface area contributed by atoms with Gasteiger partial charge in [-0.3, -0.25) is 4.99 Å². The van der Waals surface area contributed by atoms with E-state index in [0.29, 0.717) is 25.4 Å². The lowest BCUT2D eigenvalue weighted by molar-refractivity contribution is 0.299. The maximum Gasteiger partial charge on any atom is 0.214 e. The monoisotopic (exact) mass is 328 g/mol. The van der Waals surface area contributed by atoms with E-state index < -0.39 is 10.0 Å². The van der Waals surface area contributed by atoms with E-state index in [1.165, 1.54) is 25.7 Å². The summed E-state index contributed by atoms with van der Waals surface area (Å²) in [5, 5.41) is 3.36. The molecule has 1 N–H and O–H groups in total. The molecule has 2 atom stereocenters. The molecule has 7 heteroatoms. The molecule has 0 radical (unpaired) electrons. The van der Waals surface area contributed by atoms with Crippen molar-refractivity contribution in [2.75, 3.05) is 45.5 Å². The van der Waals surface area contributed by atoms with Gasteiger partial charge in [0.15, 0.2) is 5.96 Å². The molecule has 6 nitrogen and oxygen atoms in total. The molecule has 0 amide bonds. The molecular formula is C15H28N4O2S. The lowest BCUT2D eigenvalue weighted by Gasteiger charge is -2.23. The van der Waals surface area contributed by atoms with Crippen LogP contribution in [0.25, 0.3) is 0 Å². The number of guanidine groups is 1. The Bertz CT molecular complexity index is 506. The molecule has 2 aliphatic heterocycles. The van der Waals surface area contributed by atoms with Crippen LogP contribution >= 0.6 is 0 Å². The highest BCUT2D eigenvalue weighted by molar-refractivity contribution is 7.89. The molecule has 1 aliphatic carbocycles. The average molecular weight is 328 g/mol. The molecule has 3 rings (SSSR count). The van der Waals surface area contributed by atoms with Crippen molar-refractivity contribution in [3.05, 3.63) is 0 Å². The van der Waals surface area contributed by atoms with Crippen molar-refractivity contribution < 1.29 is 8.42 Å². The number of rotatable bonds is 3. The molecule has 1 saturated carbocycles. The molecule has 0 aromatic carbocycles. The summed E-state index contributed by atoms with van der Waals surface area (Å²) in [6.45, 7) is 4.05. The zero-order valence-corrected chi connectivity index (χ0v) is 14.3. The number of nitrogens with zero attached hydrogens (tertiary/aromatic N) is 3. The molecule has 0 aromatic rings. The Morgan fingerprint density at radius 2 is 1.86 bits per heavy atom. The van der Waals surface area contributed by atoms with Gasteiger partial charge < -0.3 is 10.2 Å². The Hall–Kier alpha value is -0.820. The fourth-order valence-corrected chi connectivity index (χ4v) is 5.67. The van der Waals surface area contributed by atoms with E-state index in [-0.39, 0.29) is 0 Å². The van der Waals surface area contributed by atoms with Gasteiger partial charge in [-0.1, -0.05) is 12.8 Å². The van der Waals surface area contributed by atoms with Crippen molar-refractivity contribution in [2.24, 2.45) is 16.8 Å². The number of nitrogens with one attached hydrogen (secondary N) is 1. The molecule has 3 fully saturated rings. The van der Waals surface area contributed by atoms with E-state index in [2.05, 4.69) is 15.2 Å². The summed E-state index contributed by atoms with van der Waals surface area (Å²) in [6, 6.07) is 0. The molecule has 3 aliphatic rings. The van der Waals surface area contributed by atoms with E-state index in [0.717, 1.165) is 37.3 Å². The summed E-state index contributed by atoms with van der Waals surface area (Å²) in [4.78, 5) is 6.75. The summed E-state index contributed by atoms with van der Waals surface area (Å²) in [5.74, 6) is 2.89. The Kier molecular flexibility index (Phi) is 4.92. The van der Waals surface area contributed by atoms with Gasteiger partial charge in [-0.25, -0.2) is 12.7 Å². The Balaban J connectivity index is 1.49. The highest BCUT2D eigenvalue weighted by Gasteiger charge is 2.35. The predicted molar refractivity (Wildman–Crippen MR) is 88.4 cm³/mol. The maximum atomic E-state index is 11.8. The van der Waals surface area contributed by atoms with Gasteiger partial charge in [0.05, 0.1) is 5.75 Å². The molecule has 2 saturated heterocycles. The third-order valence-corrected chi connectivity index (χ3v) is 7.29. The number of likely N-dealkylation sites (tertiary alicyclic amines) is 1. The van der Waals surface area contributed by atoms with Crippen LogP contribution in [-0.2, 0) is 10.0 Å². The lowest BCUT2D eigenvalue weighted by atomic mass is 9.82. The second-order valence-electron chi connectivity index (χ2n) is 6.75. The zero-order valence-electron chi connectivity index (χ0n) is 13.5. The van der Waals surface area contributed by atoms with E-state index >= 15 is 0 Å². The summed E-state index contributed by atoms with van der Waals surface area (Å²) in [6.07, 6.45) is 6.20. The lowest BCUT2D eigenvalue weighted by Crippen LogP contribution is -2.43. The predicted octanol–water partition coefficient (Wildman–Crippen LogP) is 0.719. The van der Waals surface area contributed by atoms with Crippen molar-refractivity contribution in [3.8, 4) is 0 Å². The topological polar surface area (TPSA) is 65.0 Å². The van der Waals surface area contributed by atoms with Crippen LogP contribution in [-0.4, -0.2) is 69.1 Å². The zero-order chi connectivity index (χ0) is 15.6. The van der Waals surface area contributed by atoms with Gasteiger partial charge in [0.1, 0.15) is 0 Å². The second kappa shape index (κ2) is 6.74. The number of hydrogen-bond donors (Lipinski definition) is 1. The molecule has 126 valence electrons. The highest BCUT2D eigenvalue weighted by atomic mass is 32.2. The summed E-state index contributed by atoms with van der Waals surface area (Å²) in [7, 11) is -1.17. The maximum absolute atomic E-state index is 11.8. The Morgan fingerprint density at radius 3 is 2.41 bits per heavy atom. The van der Waals surface area contributed by atoms with Gasteiger partial charge in [0.2, 0.25) is 10.0 Å². The van der Waals surface area contributed by atoms with Crippen LogP contribution in [0.2, 0.25) is 0 Å². The number of hydrogen-bond acceptors (Lipinski definition) is 3. The van der Waals surface area contributed by atoms with Crippen LogP contribution in [0.5, 0.6) is 0 Å². The van der Waals surface area contributed by atoms with Gasteiger partial charge >= 0.3 is 0 Å². The normalized spacial score (nSPS) is 32.2. The van der Waals surface area contributed by atoms with Crippen LogP contribution in [0.15, 0.2) is 4.99 Å². The van der Waals surface area contributed by atoms with E-state index in [4.69, 9.17) is 0 Å². The van der Waals surface area contributed by atoms with Crippen LogP contribution in [0.4, 0.5) is 0 Å². The number of sulfonamides is 1. The molecule has 0 bridgehead atoms. The quantitative estimate of drug-likeness (QED) is 0.612. The van der Waals surface area contributed by atoms with Gasteiger partial charge in [-0.2, -0.15) is 0 Å². The second-order valence-corrected chi connectivity index (χ2v) is 8.84. The largest absolute Gasteiger partial charge is 0.355 e. The van der Waals surface area contributed by atoms with Crippen molar-refractivity contribution >= 4 is 16.0 Å². The van der Waals surface area contributed by atoms with Gasteiger partial charge in [0, 0.05) is 39.8 Å². The fourth-order valence-electron chi connectivity index (χ4n) is 4.15. The summed E-state index contributed by atoms with van der Waals surface area (Å²) < 4.78 is 25.2. The minimum atomic E-state index is -2.99. The van der Waals surface area contributed by atoms with Crippen molar-refractivity contribution in [2.45, 2.75) is 32.1 Å². The van der Waals surface area contributed by atoms with E-state index in [9.17, 15) is 8.42 Å². The van der Waals surface area contributed by atoms with Crippen LogP contribution in [0.3, 0.4) is 0 Å². The van der Waals surface area contributed by atoms with Gasteiger partial charge in [-0.15, -0.1) is 0 Å². The van der Waals surface area contributed by atoms with Crippen LogP contribution < -0.4 is 5.32 Å². The fraction of sp³-hybridized carbons (Fsp3) is 0.933. The molecule has 22 heavy (non-hydrogen) atoms. The molecular weight excluding hydrogens is 300 g/mol. The number of aliphatic imine (C=N–C) groups is 1. The first-order valence-corrected chi connectivity index (χ1v) is 10.1. The highest BCUT2D eigenvalue weighted by Crippen LogP contribution is 2.35. The van der Waals surface area contributed by atoms with Gasteiger partial charge in [0.25, 0.3) is 0 Å². The molecule has 2 unspecified atom stereocenters. The van der Waals surface area contributed by atoms with E-state index in [1.54, 1.807) is 4.31 Å². The summed E-state index contributed by atoms with van der Waals surface area (Å²) in [5.41, 5.74) is 0. The van der Waals surface area contributed by atoms with Crippen molar-refractivity contribution in [3.63, 3.8) is 0 Å². The minimum absolute atomic E-state index is 0.303. The smallest absolute Gasteiger partial charge is 0.214 e. The average Bonchev–Trinajstić information content (AvgIpc) is 3.06. The standard InChI is InChI=1S/C15H28N4O2S/c1-16-15(17-7-9-19-8-4-10-22(19,20)21)18-11-13-5-2-3-6-14(13)12-18/h13-14H,2-12H2,1H3,(H,16,17). The third-order valence-electron chi connectivity index (χ3n) is 5.34. The minimum Gasteiger partial charge on any atom is -0.355 e. The van der Waals surface area contributed by atoms with Crippen molar-refractivity contribution in [1.82, 2.24) is 14.5 Å². The van der Waals surface area contributed by atoms with Crippen LogP contribution in [0.1, 0.15) is 32.1 Å². The SMILES string of the molecule is CN=C(NCCN1CCCS1(=O)=O)N1CC2CCCCC2C1. The van der Waals surface area contributed by atoms with Crippen molar-refractivity contribution in [1.29, 1.82) is 0 Å². The first-order valence-electron chi connectivity index (χ1n) is 8.53. The van der Waals surface area contributed by atoms with Gasteiger partial charge in [-0.05, 0) is 31.1 Å². The molecule has 0 aromatic heterocycles.